The average Bonchev–Trinajstić information content (AvgIpc) is 3.18. The molecule has 9 heteroatoms. The van der Waals surface area contributed by atoms with Gasteiger partial charge in [-0.25, -0.2) is 9.59 Å². The van der Waals surface area contributed by atoms with Crippen LogP contribution in [0.3, 0.4) is 0 Å². The molecule has 4 rings (SSSR count). The minimum Gasteiger partial charge on any atom is -0.473 e. The van der Waals surface area contributed by atoms with Gasteiger partial charge in [0, 0.05) is 51.7 Å². The SMILES string of the molecule is O=C(O)C(=O)O.c1cncc(CN2CCN(Cc3ccc4c(c3)OCO4)CC2)c1. The van der Waals surface area contributed by atoms with E-state index >= 15 is 0 Å². The van der Waals surface area contributed by atoms with Crippen molar-refractivity contribution in [3.05, 3.63) is 53.9 Å². The van der Waals surface area contributed by atoms with E-state index in [-0.39, 0.29) is 0 Å². The number of carbonyl (C=O) groups is 2. The molecule has 0 bridgehead atoms. The highest BCUT2D eigenvalue weighted by Crippen LogP contribution is 2.32. The van der Waals surface area contributed by atoms with E-state index in [1.807, 2.05) is 24.5 Å². The summed E-state index contributed by atoms with van der Waals surface area (Å²) in [5.74, 6) is -1.92. The molecule has 154 valence electrons. The van der Waals surface area contributed by atoms with Crippen molar-refractivity contribution in [2.75, 3.05) is 33.0 Å². The van der Waals surface area contributed by atoms with Crippen molar-refractivity contribution in [2.24, 2.45) is 0 Å². The van der Waals surface area contributed by atoms with Crippen LogP contribution >= 0.6 is 0 Å². The fraction of sp³-hybridized carbons (Fsp3) is 0.350. The lowest BCUT2D eigenvalue weighted by Gasteiger charge is -2.34. The van der Waals surface area contributed by atoms with Gasteiger partial charge in [-0.05, 0) is 29.3 Å². The molecule has 0 amide bonds. The number of ether oxygens (including phenoxy) is 2. The second-order valence-electron chi connectivity index (χ2n) is 6.71. The van der Waals surface area contributed by atoms with Gasteiger partial charge in [-0.2, -0.15) is 0 Å². The summed E-state index contributed by atoms with van der Waals surface area (Å²) in [7, 11) is 0. The van der Waals surface area contributed by atoms with Gasteiger partial charge < -0.3 is 19.7 Å². The molecule has 1 aromatic carbocycles. The fourth-order valence-corrected chi connectivity index (χ4v) is 3.15. The van der Waals surface area contributed by atoms with Gasteiger partial charge in [0.05, 0.1) is 0 Å². The molecule has 0 radical (unpaired) electrons. The molecular formula is C20H23N3O6. The monoisotopic (exact) mass is 401 g/mol. The first-order chi connectivity index (χ1) is 14.0. The number of hydrogen-bond acceptors (Lipinski definition) is 7. The van der Waals surface area contributed by atoms with Crippen LogP contribution in [0.25, 0.3) is 0 Å². The van der Waals surface area contributed by atoms with E-state index in [0.717, 1.165) is 50.8 Å². The van der Waals surface area contributed by atoms with Crippen molar-refractivity contribution < 1.29 is 29.3 Å². The summed E-state index contributed by atoms with van der Waals surface area (Å²) in [6, 6.07) is 10.4. The second-order valence-corrected chi connectivity index (χ2v) is 6.71. The first-order valence-electron chi connectivity index (χ1n) is 9.19. The van der Waals surface area contributed by atoms with Crippen LogP contribution in [0, 0.1) is 0 Å². The lowest BCUT2D eigenvalue weighted by atomic mass is 10.1. The van der Waals surface area contributed by atoms with Gasteiger partial charge in [0.25, 0.3) is 0 Å². The zero-order valence-corrected chi connectivity index (χ0v) is 15.9. The minimum absolute atomic E-state index is 0.339. The Morgan fingerprint density at radius 3 is 2.10 bits per heavy atom. The number of piperazine rings is 1. The van der Waals surface area contributed by atoms with Crippen molar-refractivity contribution in [1.82, 2.24) is 14.8 Å². The number of hydrogen-bond donors (Lipinski definition) is 2. The number of fused-ring (bicyclic) bond motifs is 1. The van der Waals surface area contributed by atoms with E-state index in [2.05, 4.69) is 33.0 Å². The summed E-state index contributed by atoms with van der Waals surface area (Å²) in [5.41, 5.74) is 2.58. The first kappa shape index (κ1) is 20.6. The van der Waals surface area contributed by atoms with Crippen LogP contribution in [0.1, 0.15) is 11.1 Å². The maximum atomic E-state index is 9.10. The molecule has 0 atom stereocenters. The largest absolute Gasteiger partial charge is 0.473 e. The van der Waals surface area contributed by atoms with Gasteiger partial charge >= 0.3 is 11.9 Å². The summed E-state index contributed by atoms with van der Waals surface area (Å²) in [6.07, 6.45) is 3.78. The number of aromatic nitrogens is 1. The number of benzene rings is 1. The maximum Gasteiger partial charge on any atom is 0.414 e. The van der Waals surface area contributed by atoms with Crippen LogP contribution in [0.4, 0.5) is 0 Å². The highest BCUT2D eigenvalue weighted by atomic mass is 16.7. The van der Waals surface area contributed by atoms with Crippen LogP contribution in [0.2, 0.25) is 0 Å². The lowest BCUT2D eigenvalue weighted by molar-refractivity contribution is -0.159. The van der Waals surface area contributed by atoms with E-state index in [0.29, 0.717) is 6.79 Å². The Labute approximate surface area is 168 Å². The predicted molar refractivity (Wildman–Crippen MR) is 103 cm³/mol. The zero-order chi connectivity index (χ0) is 20.6. The third kappa shape index (κ3) is 6.16. The third-order valence-electron chi connectivity index (χ3n) is 4.62. The molecule has 1 saturated heterocycles. The summed E-state index contributed by atoms with van der Waals surface area (Å²) >= 11 is 0. The smallest absolute Gasteiger partial charge is 0.414 e. The van der Waals surface area contributed by atoms with Crippen LogP contribution in [-0.2, 0) is 22.7 Å². The molecule has 0 saturated carbocycles. The van der Waals surface area contributed by atoms with Gasteiger partial charge in [0.1, 0.15) is 0 Å². The van der Waals surface area contributed by atoms with E-state index in [1.54, 1.807) is 0 Å². The normalized spacial score (nSPS) is 16.0. The Bertz CT molecular complexity index is 825. The van der Waals surface area contributed by atoms with Crippen molar-refractivity contribution in [1.29, 1.82) is 0 Å². The van der Waals surface area contributed by atoms with E-state index < -0.39 is 11.9 Å². The number of carboxylic acids is 2. The maximum absolute atomic E-state index is 9.10. The molecule has 1 aromatic heterocycles. The standard InChI is InChI=1S/C18H21N3O2.C2H2O4/c1-2-16(11-19-5-1)13-21-8-6-20(7-9-21)12-15-3-4-17-18(10-15)23-14-22-17;3-1(4)2(5)6/h1-5,10-11H,6-9,12-14H2;(H,3,4)(H,5,6). The molecule has 1 fully saturated rings. The minimum atomic E-state index is -1.82. The first-order valence-corrected chi connectivity index (χ1v) is 9.19. The summed E-state index contributed by atoms with van der Waals surface area (Å²) in [6.45, 7) is 6.68. The van der Waals surface area contributed by atoms with Gasteiger partial charge in [-0.3, -0.25) is 14.8 Å². The van der Waals surface area contributed by atoms with Crippen molar-refractivity contribution in [3.8, 4) is 11.5 Å². The number of nitrogens with zero attached hydrogens (tertiary/aromatic N) is 3. The Kier molecular flexibility index (Phi) is 6.99. The Balaban J connectivity index is 0.000000353. The quantitative estimate of drug-likeness (QED) is 0.732. The topological polar surface area (TPSA) is 112 Å². The molecule has 0 unspecified atom stereocenters. The number of rotatable bonds is 4. The van der Waals surface area contributed by atoms with Gasteiger partial charge in [-0.1, -0.05) is 12.1 Å². The van der Waals surface area contributed by atoms with E-state index in [4.69, 9.17) is 29.3 Å². The highest BCUT2D eigenvalue weighted by molar-refractivity contribution is 6.27. The van der Waals surface area contributed by atoms with Crippen LogP contribution in [0.5, 0.6) is 11.5 Å². The Morgan fingerprint density at radius 1 is 0.897 bits per heavy atom. The number of pyridine rings is 1. The summed E-state index contributed by atoms with van der Waals surface area (Å²) < 4.78 is 10.8. The molecule has 29 heavy (non-hydrogen) atoms. The Morgan fingerprint density at radius 2 is 1.52 bits per heavy atom. The molecule has 2 N–H and O–H groups in total. The van der Waals surface area contributed by atoms with Crippen LogP contribution in [-0.4, -0.2) is 69.9 Å². The Hall–Kier alpha value is -3.17. The fourth-order valence-electron chi connectivity index (χ4n) is 3.15. The molecule has 0 spiro atoms. The molecular weight excluding hydrogens is 378 g/mol. The number of aliphatic carboxylic acids is 2. The molecule has 9 nitrogen and oxygen atoms in total. The highest BCUT2D eigenvalue weighted by Gasteiger charge is 2.19. The zero-order valence-electron chi connectivity index (χ0n) is 15.9. The number of carboxylic acid groups (broad SMARTS) is 2. The van der Waals surface area contributed by atoms with Crippen molar-refractivity contribution in [3.63, 3.8) is 0 Å². The van der Waals surface area contributed by atoms with E-state index in [1.165, 1.54) is 11.1 Å². The lowest BCUT2D eigenvalue weighted by Crippen LogP contribution is -2.45. The molecule has 0 aliphatic carbocycles. The van der Waals surface area contributed by atoms with Crippen LogP contribution < -0.4 is 9.47 Å². The summed E-state index contributed by atoms with van der Waals surface area (Å²) in [4.78, 5) is 27.4. The molecule has 2 aromatic rings. The van der Waals surface area contributed by atoms with Gasteiger partial charge in [0.15, 0.2) is 11.5 Å². The third-order valence-corrected chi connectivity index (χ3v) is 4.62. The van der Waals surface area contributed by atoms with Crippen molar-refractivity contribution >= 4 is 11.9 Å². The predicted octanol–water partition coefficient (Wildman–Crippen LogP) is 1.28. The molecule has 3 heterocycles. The van der Waals surface area contributed by atoms with Gasteiger partial charge in [-0.15, -0.1) is 0 Å². The van der Waals surface area contributed by atoms with Crippen LogP contribution in [0.15, 0.2) is 42.7 Å². The molecule has 2 aliphatic heterocycles. The van der Waals surface area contributed by atoms with E-state index in [9.17, 15) is 0 Å². The summed E-state index contributed by atoms with van der Waals surface area (Å²) in [5, 5.41) is 14.8. The molecule has 2 aliphatic rings. The second kappa shape index (κ2) is 9.85. The average molecular weight is 401 g/mol. The van der Waals surface area contributed by atoms with Gasteiger partial charge in [0.2, 0.25) is 6.79 Å². The van der Waals surface area contributed by atoms with Crippen molar-refractivity contribution in [2.45, 2.75) is 13.1 Å².